The van der Waals surface area contributed by atoms with Crippen molar-refractivity contribution in [2.24, 2.45) is 5.92 Å². The van der Waals surface area contributed by atoms with Crippen molar-refractivity contribution >= 4 is 11.7 Å². The Morgan fingerprint density at radius 2 is 2.16 bits per heavy atom. The molecule has 8 nitrogen and oxygen atoms in total. The first-order chi connectivity index (χ1) is 12.2. The molecule has 0 saturated carbocycles. The number of anilines is 1. The fraction of sp³-hybridized carbons (Fsp3) is 0.588. The third-order valence-electron chi connectivity index (χ3n) is 4.72. The van der Waals surface area contributed by atoms with E-state index in [0.717, 1.165) is 50.3 Å². The largest absolute Gasteiger partial charge is 0.372 e. The third kappa shape index (κ3) is 4.52. The van der Waals surface area contributed by atoms with E-state index in [0.29, 0.717) is 17.3 Å². The molecular formula is C17H24N6O2. The van der Waals surface area contributed by atoms with Gasteiger partial charge in [-0.2, -0.15) is 0 Å². The maximum Gasteiger partial charge on any atom is 0.228 e. The van der Waals surface area contributed by atoms with Gasteiger partial charge in [0, 0.05) is 20.1 Å². The van der Waals surface area contributed by atoms with Gasteiger partial charge in [-0.15, -0.1) is 0 Å². The van der Waals surface area contributed by atoms with Gasteiger partial charge in [0.2, 0.25) is 5.91 Å². The number of nitrogens with zero attached hydrogens (tertiary/aromatic N) is 5. The number of nitrogens with one attached hydrogen (secondary N) is 1. The van der Waals surface area contributed by atoms with E-state index in [9.17, 15) is 4.79 Å². The number of aryl methyl sites for hydroxylation is 1. The molecule has 8 heteroatoms. The lowest BCUT2D eigenvalue weighted by Gasteiger charge is -2.20. The molecule has 1 amide bonds. The topological polar surface area (TPSA) is 97.0 Å². The average molecular weight is 344 g/mol. The molecule has 2 aromatic heterocycles. The summed E-state index contributed by atoms with van der Waals surface area (Å²) in [5, 5.41) is 10.5. The van der Waals surface area contributed by atoms with Crippen molar-refractivity contribution in [1.29, 1.82) is 0 Å². The Balaban J connectivity index is 1.52. The first kappa shape index (κ1) is 17.3. The Kier molecular flexibility index (Phi) is 5.57. The van der Waals surface area contributed by atoms with Crippen LogP contribution in [0.2, 0.25) is 0 Å². The predicted octanol–water partition coefficient (Wildman–Crippen LogP) is 1.62. The van der Waals surface area contributed by atoms with Crippen molar-refractivity contribution in [3.05, 3.63) is 29.5 Å². The molecule has 3 heterocycles. The van der Waals surface area contributed by atoms with Crippen LogP contribution in [0.15, 0.2) is 17.0 Å². The molecule has 1 saturated heterocycles. The van der Waals surface area contributed by atoms with Crippen LogP contribution >= 0.6 is 0 Å². The highest BCUT2D eigenvalue weighted by molar-refractivity contribution is 5.78. The van der Waals surface area contributed by atoms with Gasteiger partial charge in [-0.25, -0.2) is 9.61 Å². The Bertz CT molecular complexity index is 699. The summed E-state index contributed by atoms with van der Waals surface area (Å²) in [5.74, 6) is 1.40. The van der Waals surface area contributed by atoms with Gasteiger partial charge in [0.25, 0.3) is 0 Å². The molecule has 134 valence electrons. The maximum absolute atomic E-state index is 12.5. The highest BCUT2D eigenvalue weighted by Gasteiger charge is 2.22. The van der Waals surface area contributed by atoms with Crippen molar-refractivity contribution in [3.8, 4) is 0 Å². The standard InChI is InChI=1S/C17H24N6O2/c1-12-15(22-25-21-12)9-17(24)23-6-3-4-13(5-7-23)8-14-10-20-16(18-2)11-19-14/h10-11,13H,3-9H2,1-2H3,(H,18,20)/t13-/m1/s1. The Morgan fingerprint density at radius 3 is 2.84 bits per heavy atom. The molecule has 1 fully saturated rings. The molecule has 0 radical (unpaired) electrons. The van der Waals surface area contributed by atoms with Crippen molar-refractivity contribution < 1.29 is 9.42 Å². The van der Waals surface area contributed by atoms with Crippen LogP contribution in [0, 0.1) is 12.8 Å². The second-order valence-electron chi connectivity index (χ2n) is 6.50. The molecule has 3 rings (SSSR count). The molecule has 1 aliphatic rings. The summed E-state index contributed by atoms with van der Waals surface area (Å²) in [6.45, 7) is 3.37. The lowest BCUT2D eigenvalue weighted by molar-refractivity contribution is -0.130. The lowest BCUT2D eigenvalue weighted by atomic mass is 9.95. The minimum atomic E-state index is 0.0950. The summed E-state index contributed by atoms with van der Waals surface area (Å²) in [6.07, 6.45) is 7.86. The Hall–Kier alpha value is -2.51. The first-order valence-corrected chi connectivity index (χ1v) is 8.70. The van der Waals surface area contributed by atoms with E-state index in [1.807, 2.05) is 18.1 Å². The number of rotatable bonds is 5. The van der Waals surface area contributed by atoms with Crippen LogP contribution in [-0.4, -0.2) is 51.2 Å². The fourth-order valence-electron chi connectivity index (χ4n) is 3.17. The van der Waals surface area contributed by atoms with Crippen molar-refractivity contribution in [1.82, 2.24) is 25.2 Å². The number of amides is 1. The van der Waals surface area contributed by atoms with E-state index in [-0.39, 0.29) is 12.3 Å². The molecule has 0 aliphatic carbocycles. The number of carbonyl (C=O) groups is 1. The van der Waals surface area contributed by atoms with E-state index >= 15 is 0 Å². The number of likely N-dealkylation sites (tertiary alicyclic amines) is 1. The van der Waals surface area contributed by atoms with Crippen molar-refractivity contribution in [2.45, 2.75) is 39.0 Å². The molecule has 1 aliphatic heterocycles. The number of carbonyl (C=O) groups excluding carboxylic acids is 1. The monoisotopic (exact) mass is 344 g/mol. The van der Waals surface area contributed by atoms with E-state index in [1.54, 1.807) is 13.1 Å². The normalized spacial score (nSPS) is 18.0. The predicted molar refractivity (Wildman–Crippen MR) is 91.9 cm³/mol. The van der Waals surface area contributed by atoms with Gasteiger partial charge in [-0.3, -0.25) is 9.78 Å². The van der Waals surface area contributed by atoms with E-state index < -0.39 is 0 Å². The quantitative estimate of drug-likeness (QED) is 0.880. The lowest BCUT2D eigenvalue weighted by Crippen LogP contribution is -2.33. The summed E-state index contributed by atoms with van der Waals surface area (Å²) in [4.78, 5) is 23.2. The molecule has 2 aromatic rings. The Labute approximate surface area is 147 Å². The molecule has 25 heavy (non-hydrogen) atoms. The van der Waals surface area contributed by atoms with Crippen LogP contribution in [-0.2, 0) is 17.6 Å². The summed E-state index contributed by atoms with van der Waals surface area (Å²) in [5.41, 5.74) is 2.32. The summed E-state index contributed by atoms with van der Waals surface area (Å²) in [6, 6.07) is 0. The molecule has 0 unspecified atom stereocenters. The molecular weight excluding hydrogens is 320 g/mol. The summed E-state index contributed by atoms with van der Waals surface area (Å²) < 4.78 is 4.67. The second-order valence-corrected chi connectivity index (χ2v) is 6.50. The van der Waals surface area contributed by atoms with Gasteiger partial charge in [0.1, 0.15) is 17.2 Å². The van der Waals surface area contributed by atoms with Gasteiger partial charge < -0.3 is 10.2 Å². The van der Waals surface area contributed by atoms with Gasteiger partial charge >= 0.3 is 0 Å². The van der Waals surface area contributed by atoms with E-state index in [4.69, 9.17) is 0 Å². The van der Waals surface area contributed by atoms with Crippen LogP contribution in [0.25, 0.3) is 0 Å². The second kappa shape index (κ2) is 8.04. The number of aromatic nitrogens is 4. The SMILES string of the molecule is CNc1cnc(C[C@@H]2CCCN(C(=O)Cc3nonc3C)CC2)cn1. The third-order valence-corrected chi connectivity index (χ3v) is 4.72. The maximum atomic E-state index is 12.5. The van der Waals surface area contributed by atoms with Gasteiger partial charge in [-0.1, -0.05) is 10.3 Å². The average Bonchev–Trinajstić information content (AvgIpc) is 2.88. The minimum absolute atomic E-state index is 0.0950. The zero-order valence-electron chi connectivity index (χ0n) is 14.7. The van der Waals surface area contributed by atoms with Crippen LogP contribution in [0.3, 0.4) is 0 Å². The van der Waals surface area contributed by atoms with Crippen molar-refractivity contribution in [2.75, 3.05) is 25.5 Å². The molecule has 0 spiro atoms. The zero-order chi connectivity index (χ0) is 17.6. The van der Waals surface area contributed by atoms with Crippen LogP contribution in [0.5, 0.6) is 0 Å². The molecule has 0 bridgehead atoms. The van der Waals surface area contributed by atoms with Gasteiger partial charge in [0.05, 0.1) is 24.5 Å². The smallest absolute Gasteiger partial charge is 0.228 e. The van der Waals surface area contributed by atoms with Crippen LogP contribution in [0.4, 0.5) is 5.82 Å². The summed E-state index contributed by atoms with van der Waals surface area (Å²) in [7, 11) is 1.83. The minimum Gasteiger partial charge on any atom is -0.372 e. The van der Waals surface area contributed by atoms with Crippen LogP contribution < -0.4 is 5.32 Å². The van der Waals surface area contributed by atoms with Gasteiger partial charge in [0.15, 0.2) is 0 Å². The van der Waals surface area contributed by atoms with E-state index in [2.05, 4.69) is 30.2 Å². The molecule has 1 N–H and O–H groups in total. The summed E-state index contributed by atoms with van der Waals surface area (Å²) >= 11 is 0. The van der Waals surface area contributed by atoms with E-state index in [1.165, 1.54) is 0 Å². The molecule has 0 aromatic carbocycles. The van der Waals surface area contributed by atoms with Crippen LogP contribution in [0.1, 0.15) is 36.3 Å². The molecule has 1 atom stereocenters. The first-order valence-electron chi connectivity index (χ1n) is 8.70. The highest BCUT2D eigenvalue weighted by Crippen LogP contribution is 2.22. The number of hydrogen-bond acceptors (Lipinski definition) is 7. The number of hydrogen-bond donors (Lipinski definition) is 1. The fourth-order valence-corrected chi connectivity index (χ4v) is 3.17. The Morgan fingerprint density at radius 1 is 1.28 bits per heavy atom. The highest BCUT2D eigenvalue weighted by atomic mass is 16.6. The van der Waals surface area contributed by atoms with Gasteiger partial charge in [-0.05, 0) is 38.5 Å². The zero-order valence-corrected chi connectivity index (χ0v) is 14.7. The van der Waals surface area contributed by atoms with Crippen molar-refractivity contribution in [3.63, 3.8) is 0 Å².